The summed E-state index contributed by atoms with van der Waals surface area (Å²) >= 11 is 0. The summed E-state index contributed by atoms with van der Waals surface area (Å²) in [5, 5.41) is 9.61. The van der Waals surface area contributed by atoms with Crippen molar-refractivity contribution >= 4 is 0 Å². The Labute approximate surface area is 102 Å². The van der Waals surface area contributed by atoms with Crippen LogP contribution in [0.4, 0.5) is 0 Å². The van der Waals surface area contributed by atoms with Gasteiger partial charge in [-0.3, -0.25) is 4.90 Å². The van der Waals surface area contributed by atoms with Gasteiger partial charge in [-0.1, -0.05) is 6.07 Å². The van der Waals surface area contributed by atoms with Crippen molar-refractivity contribution in [3.63, 3.8) is 0 Å². The molecule has 94 valence electrons. The Hall–Kier alpha value is -1.26. The topological polar surface area (TPSA) is 41.9 Å². The van der Waals surface area contributed by atoms with Gasteiger partial charge in [0.1, 0.15) is 6.61 Å². The number of hydrogen-bond acceptors (Lipinski definition) is 4. The van der Waals surface area contributed by atoms with Gasteiger partial charge in [-0.2, -0.15) is 0 Å². The third kappa shape index (κ3) is 3.61. The number of hydrogen-bond donors (Lipinski definition) is 1. The number of aryl methyl sites for hydroxylation is 1. The first-order chi connectivity index (χ1) is 8.25. The van der Waals surface area contributed by atoms with E-state index in [9.17, 15) is 5.11 Å². The molecular weight excluding hydrogens is 218 g/mol. The summed E-state index contributed by atoms with van der Waals surface area (Å²) in [6, 6.07) is 5.39. The molecule has 1 aromatic rings. The van der Waals surface area contributed by atoms with Gasteiger partial charge in [0.25, 0.3) is 0 Å². The molecule has 1 aromatic carbocycles. The van der Waals surface area contributed by atoms with E-state index in [1.807, 2.05) is 19.1 Å². The van der Waals surface area contributed by atoms with Crippen LogP contribution in [-0.4, -0.2) is 49.5 Å². The number of aromatic hydroxyl groups is 1. The van der Waals surface area contributed by atoms with Gasteiger partial charge in [0.15, 0.2) is 11.5 Å². The predicted octanol–water partition coefficient (Wildman–Crippen LogP) is 1.41. The van der Waals surface area contributed by atoms with Crippen LogP contribution in [0.25, 0.3) is 0 Å². The summed E-state index contributed by atoms with van der Waals surface area (Å²) in [7, 11) is 0. The molecule has 4 nitrogen and oxygen atoms in total. The molecule has 1 saturated heterocycles. The first kappa shape index (κ1) is 12.2. The van der Waals surface area contributed by atoms with Crippen molar-refractivity contribution in [3.05, 3.63) is 23.8 Å². The van der Waals surface area contributed by atoms with E-state index >= 15 is 0 Å². The van der Waals surface area contributed by atoms with Crippen LogP contribution in [0.5, 0.6) is 11.5 Å². The van der Waals surface area contributed by atoms with Crippen LogP contribution >= 0.6 is 0 Å². The van der Waals surface area contributed by atoms with Gasteiger partial charge in [0.2, 0.25) is 0 Å². The fourth-order valence-electron chi connectivity index (χ4n) is 1.85. The highest BCUT2D eigenvalue weighted by atomic mass is 16.5. The van der Waals surface area contributed by atoms with E-state index in [-0.39, 0.29) is 5.75 Å². The minimum Gasteiger partial charge on any atom is -0.504 e. The van der Waals surface area contributed by atoms with Crippen LogP contribution in [0.2, 0.25) is 0 Å². The van der Waals surface area contributed by atoms with E-state index < -0.39 is 0 Å². The number of ether oxygens (including phenoxy) is 2. The van der Waals surface area contributed by atoms with Crippen molar-refractivity contribution in [1.29, 1.82) is 0 Å². The van der Waals surface area contributed by atoms with E-state index in [2.05, 4.69) is 4.90 Å². The molecule has 1 aliphatic rings. The SMILES string of the molecule is Cc1ccc(O)c(OCCN2CCOCC2)c1. The third-order valence-corrected chi connectivity index (χ3v) is 2.88. The summed E-state index contributed by atoms with van der Waals surface area (Å²) in [5.74, 6) is 0.774. The first-order valence-corrected chi connectivity index (χ1v) is 5.98. The molecule has 0 aliphatic carbocycles. The van der Waals surface area contributed by atoms with Crippen LogP contribution < -0.4 is 4.74 Å². The molecule has 1 fully saturated rings. The quantitative estimate of drug-likeness (QED) is 0.859. The Morgan fingerprint density at radius 3 is 2.88 bits per heavy atom. The van der Waals surface area contributed by atoms with Crippen molar-refractivity contribution in [2.75, 3.05) is 39.5 Å². The average Bonchev–Trinajstić information content (AvgIpc) is 2.35. The van der Waals surface area contributed by atoms with Crippen molar-refractivity contribution in [2.45, 2.75) is 6.92 Å². The molecule has 17 heavy (non-hydrogen) atoms. The first-order valence-electron chi connectivity index (χ1n) is 5.98. The zero-order chi connectivity index (χ0) is 12.1. The highest BCUT2D eigenvalue weighted by Gasteiger charge is 2.10. The number of phenols is 1. The normalized spacial score (nSPS) is 17.0. The smallest absolute Gasteiger partial charge is 0.161 e. The molecule has 4 heteroatoms. The molecule has 0 saturated carbocycles. The number of morpholine rings is 1. The van der Waals surface area contributed by atoms with Crippen molar-refractivity contribution in [2.24, 2.45) is 0 Å². The Morgan fingerprint density at radius 1 is 1.35 bits per heavy atom. The minimum absolute atomic E-state index is 0.206. The Morgan fingerprint density at radius 2 is 2.12 bits per heavy atom. The summed E-state index contributed by atoms with van der Waals surface area (Å²) in [6.45, 7) is 6.97. The number of benzene rings is 1. The predicted molar refractivity (Wildman–Crippen MR) is 65.6 cm³/mol. The Balaban J connectivity index is 1.79. The van der Waals surface area contributed by atoms with E-state index in [1.54, 1.807) is 6.07 Å². The van der Waals surface area contributed by atoms with Crippen LogP contribution in [0, 0.1) is 6.92 Å². The average molecular weight is 237 g/mol. The molecular formula is C13H19NO3. The van der Waals surface area contributed by atoms with Crippen molar-refractivity contribution in [1.82, 2.24) is 4.90 Å². The van der Waals surface area contributed by atoms with E-state index in [1.165, 1.54) is 0 Å². The van der Waals surface area contributed by atoms with Crippen molar-refractivity contribution in [3.8, 4) is 11.5 Å². The molecule has 0 aromatic heterocycles. The second kappa shape index (κ2) is 5.89. The summed E-state index contributed by atoms with van der Waals surface area (Å²) in [5.41, 5.74) is 1.09. The van der Waals surface area contributed by atoms with Gasteiger partial charge in [-0.25, -0.2) is 0 Å². The number of nitrogens with zero attached hydrogens (tertiary/aromatic N) is 1. The second-order valence-corrected chi connectivity index (χ2v) is 4.27. The highest BCUT2D eigenvalue weighted by Crippen LogP contribution is 2.26. The standard InChI is InChI=1S/C13H19NO3/c1-11-2-3-12(15)13(10-11)17-9-6-14-4-7-16-8-5-14/h2-3,10,15H,4-9H2,1H3. The lowest BCUT2D eigenvalue weighted by molar-refractivity contribution is 0.0321. The second-order valence-electron chi connectivity index (χ2n) is 4.27. The van der Waals surface area contributed by atoms with Crippen LogP contribution in [-0.2, 0) is 4.74 Å². The fraction of sp³-hybridized carbons (Fsp3) is 0.538. The summed E-state index contributed by atoms with van der Waals surface area (Å²) in [4.78, 5) is 2.30. The Bertz CT molecular complexity index is 362. The maximum absolute atomic E-state index is 9.61. The van der Waals surface area contributed by atoms with Crippen molar-refractivity contribution < 1.29 is 14.6 Å². The highest BCUT2D eigenvalue weighted by molar-refractivity contribution is 5.41. The molecule has 0 unspecified atom stereocenters. The van der Waals surface area contributed by atoms with Gasteiger partial charge in [-0.15, -0.1) is 0 Å². The maximum Gasteiger partial charge on any atom is 0.161 e. The molecule has 1 N–H and O–H groups in total. The summed E-state index contributed by atoms with van der Waals surface area (Å²) in [6.07, 6.45) is 0. The number of rotatable bonds is 4. The van der Waals surface area contributed by atoms with Gasteiger partial charge in [0.05, 0.1) is 13.2 Å². The van der Waals surface area contributed by atoms with Crippen LogP contribution in [0.1, 0.15) is 5.56 Å². The van der Waals surface area contributed by atoms with E-state index in [0.29, 0.717) is 12.4 Å². The maximum atomic E-state index is 9.61. The van der Waals surface area contributed by atoms with Gasteiger partial charge < -0.3 is 14.6 Å². The van der Waals surface area contributed by atoms with E-state index in [4.69, 9.17) is 9.47 Å². The number of phenolic OH excluding ortho intramolecular Hbond substituents is 1. The lowest BCUT2D eigenvalue weighted by atomic mass is 10.2. The third-order valence-electron chi connectivity index (χ3n) is 2.88. The zero-order valence-electron chi connectivity index (χ0n) is 10.2. The van der Waals surface area contributed by atoms with Gasteiger partial charge in [0, 0.05) is 19.6 Å². The zero-order valence-corrected chi connectivity index (χ0v) is 10.2. The van der Waals surface area contributed by atoms with Gasteiger partial charge in [-0.05, 0) is 24.6 Å². The molecule has 2 rings (SSSR count). The molecule has 0 bridgehead atoms. The summed E-state index contributed by atoms with van der Waals surface area (Å²) < 4.78 is 10.9. The molecule has 1 aliphatic heterocycles. The van der Waals surface area contributed by atoms with E-state index in [0.717, 1.165) is 38.4 Å². The lowest BCUT2D eigenvalue weighted by Crippen LogP contribution is -2.38. The minimum atomic E-state index is 0.206. The molecule has 1 heterocycles. The van der Waals surface area contributed by atoms with Crippen LogP contribution in [0.3, 0.4) is 0 Å². The lowest BCUT2D eigenvalue weighted by Gasteiger charge is -2.26. The molecule has 0 atom stereocenters. The van der Waals surface area contributed by atoms with Gasteiger partial charge >= 0.3 is 0 Å². The molecule has 0 radical (unpaired) electrons. The van der Waals surface area contributed by atoms with Crippen LogP contribution in [0.15, 0.2) is 18.2 Å². The molecule has 0 spiro atoms. The fourth-order valence-corrected chi connectivity index (χ4v) is 1.85. The monoisotopic (exact) mass is 237 g/mol. The molecule has 0 amide bonds. The largest absolute Gasteiger partial charge is 0.504 e. The Kier molecular flexibility index (Phi) is 4.23.